The third-order valence-electron chi connectivity index (χ3n) is 6.02. The molecule has 1 atom stereocenters. The molecule has 0 radical (unpaired) electrons. The van der Waals surface area contributed by atoms with Crippen molar-refractivity contribution in [2.24, 2.45) is 5.92 Å². The number of carbonyl (C=O) groups is 1. The molecule has 4 rings (SSSR count). The topological polar surface area (TPSA) is 20.3 Å². The molecule has 2 aliphatic rings. The maximum Gasteiger partial charge on any atom is 0.226 e. The molecule has 1 aliphatic carbocycles. The molecule has 1 aliphatic heterocycles. The van der Waals surface area contributed by atoms with Gasteiger partial charge in [0.15, 0.2) is 0 Å². The Morgan fingerprint density at radius 3 is 2.46 bits per heavy atom. The van der Waals surface area contributed by atoms with Gasteiger partial charge in [0.2, 0.25) is 5.91 Å². The van der Waals surface area contributed by atoms with E-state index in [0.29, 0.717) is 11.9 Å². The van der Waals surface area contributed by atoms with Crippen LogP contribution in [0.25, 0.3) is 11.1 Å². The number of rotatable bonds is 4. The zero-order valence-electron chi connectivity index (χ0n) is 15.2. The van der Waals surface area contributed by atoms with Gasteiger partial charge in [0, 0.05) is 23.5 Å². The fourth-order valence-corrected chi connectivity index (χ4v) is 4.86. The van der Waals surface area contributed by atoms with Gasteiger partial charge in [-0.15, -0.1) is 0 Å². The van der Waals surface area contributed by atoms with Crippen molar-refractivity contribution in [2.45, 2.75) is 51.0 Å². The minimum absolute atomic E-state index is 0.0688. The van der Waals surface area contributed by atoms with Crippen molar-refractivity contribution in [1.29, 1.82) is 0 Å². The lowest BCUT2D eigenvalue weighted by Crippen LogP contribution is -2.39. The van der Waals surface area contributed by atoms with Crippen molar-refractivity contribution in [1.82, 2.24) is 4.90 Å². The summed E-state index contributed by atoms with van der Waals surface area (Å²) in [4.78, 5) is 15.2. The predicted molar refractivity (Wildman–Crippen MR) is 107 cm³/mol. The Morgan fingerprint density at radius 2 is 1.69 bits per heavy atom. The van der Waals surface area contributed by atoms with Gasteiger partial charge in [0.25, 0.3) is 0 Å². The van der Waals surface area contributed by atoms with Crippen LogP contribution in [0.1, 0.15) is 44.1 Å². The minimum atomic E-state index is 0.0688. The minimum Gasteiger partial charge on any atom is -0.339 e. The Hall–Kier alpha value is -1.80. The van der Waals surface area contributed by atoms with Crippen LogP contribution in [0.15, 0.2) is 48.5 Å². The number of benzene rings is 2. The van der Waals surface area contributed by atoms with Crippen LogP contribution in [0.2, 0.25) is 5.02 Å². The van der Waals surface area contributed by atoms with Crippen LogP contribution < -0.4 is 0 Å². The summed E-state index contributed by atoms with van der Waals surface area (Å²) in [5, 5.41) is 0.773. The fourth-order valence-electron chi connectivity index (χ4n) is 4.61. The van der Waals surface area contributed by atoms with Crippen LogP contribution >= 0.6 is 11.6 Å². The normalized spacial score (nSPS) is 21.3. The van der Waals surface area contributed by atoms with Gasteiger partial charge in [-0.1, -0.05) is 73.3 Å². The van der Waals surface area contributed by atoms with Gasteiger partial charge in [-0.05, 0) is 48.4 Å². The van der Waals surface area contributed by atoms with E-state index in [1.165, 1.54) is 37.7 Å². The average Bonchev–Trinajstić information content (AvgIpc) is 3.05. The van der Waals surface area contributed by atoms with Crippen LogP contribution in [0.4, 0.5) is 0 Å². The van der Waals surface area contributed by atoms with Gasteiger partial charge < -0.3 is 4.90 Å². The zero-order chi connectivity index (χ0) is 17.9. The van der Waals surface area contributed by atoms with Crippen molar-refractivity contribution in [3.63, 3.8) is 0 Å². The highest BCUT2D eigenvalue weighted by molar-refractivity contribution is 6.31. The second-order valence-electron chi connectivity index (χ2n) is 7.65. The zero-order valence-corrected chi connectivity index (χ0v) is 15.9. The van der Waals surface area contributed by atoms with Gasteiger partial charge in [-0.3, -0.25) is 4.79 Å². The molecule has 1 heterocycles. The van der Waals surface area contributed by atoms with Crippen LogP contribution in [0.5, 0.6) is 0 Å². The number of carbonyl (C=O) groups excluding carboxylic acids is 1. The van der Waals surface area contributed by atoms with Gasteiger partial charge in [-0.2, -0.15) is 0 Å². The Morgan fingerprint density at radius 1 is 0.923 bits per heavy atom. The van der Waals surface area contributed by atoms with Crippen LogP contribution in [0.3, 0.4) is 0 Å². The molecule has 1 saturated carbocycles. The molecular weight excluding hydrogens is 342 g/mol. The summed E-state index contributed by atoms with van der Waals surface area (Å²) in [5.41, 5.74) is 3.44. The SMILES string of the molecule is O=C1C(Cc2c(Cl)cccc2-c2ccccc2)CCN1C1CCCCC1. The summed E-state index contributed by atoms with van der Waals surface area (Å²) in [5.74, 6) is 0.412. The number of likely N-dealkylation sites (tertiary alicyclic amines) is 1. The average molecular weight is 368 g/mol. The van der Waals surface area contributed by atoms with E-state index >= 15 is 0 Å². The van der Waals surface area contributed by atoms with Gasteiger partial charge >= 0.3 is 0 Å². The summed E-state index contributed by atoms with van der Waals surface area (Å²) in [6, 6.07) is 16.9. The largest absolute Gasteiger partial charge is 0.339 e. The first kappa shape index (κ1) is 17.6. The lowest BCUT2D eigenvalue weighted by atomic mass is 9.91. The first-order chi connectivity index (χ1) is 12.7. The maximum atomic E-state index is 13.1. The molecule has 2 nitrogen and oxygen atoms in total. The standard InChI is InChI=1S/C23H26ClNO/c24-22-13-7-12-20(17-8-3-1-4-9-17)21(22)16-18-14-15-25(23(18)26)19-10-5-2-6-11-19/h1,3-4,7-9,12-13,18-19H,2,5-6,10-11,14-16H2. The summed E-state index contributed by atoms with van der Waals surface area (Å²) >= 11 is 6.57. The highest BCUT2D eigenvalue weighted by atomic mass is 35.5. The van der Waals surface area contributed by atoms with E-state index in [1.54, 1.807) is 0 Å². The van der Waals surface area contributed by atoms with E-state index in [9.17, 15) is 4.79 Å². The Balaban J connectivity index is 1.55. The van der Waals surface area contributed by atoms with E-state index in [0.717, 1.165) is 35.5 Å². The van der Waals surface area contributed by atoms with Crippen molar-refractivity contribution in [3.05, 3.63) is 59.1 Å². The summed E-state index contributed by atoms with van der Waals surface area (Å²) in [6.07, 6.45) is 7.91. The quantitative estimate of drug-likeness (QED) is 0.675. The number of hydrogen-bond acceptors (Lipinski definition) is 1. The lowest BCUT2D eigenvalue weighted by molar-refractivity contribution is -0.133. The summed E-state index contributed by atoms with van der Waals surface area (Å²) in [7, 11) is 0. The van der Waals surface area contributed by atoms with Crippen LogP contribution in [-0.2, 0) is 11.2 Å². The van der Waals surface area contributed by atoms with Crippen molar-refractivity contribution < 1.29 is 4.79 Å². The van der Waals surface area contributed by atoms with E-state index in [4.69, 9.17) is 11.6 Å². The van der Waals surface area contributed by atoms with E-state index in [2.05, 4.69) is 23.1 Å². The van der Waals surface area contributed by atoms with Crippen molar-refractivity contribution in [3.8, 4) is 11.1 Å². The highest BCUT2D eigenvalue weighted by Crippen LogP contribution is 2.35. The molecule has 0 bridgehead atoms. The highest BCUT2D eigenvalue weighted by Gasteiger charge is 2.36. The maximum absolute atomic E-state index is 13.1. The molecule has 0 spiro atoms. The molecule has 26 heavy (non-hydrogen) atoms. The molecule has 2 fully saturated rings. The summed E-state index contributed by atoms with van der Waals surface area (Å²) in [6.45, 7) is 0.916. The molecule has 0 aromatic heterocycles. The van der Waals surface area contributed by atoms with Crippen LogP contribution in [-0.4, -0.2) is 23.4 Å². The Kier molecular flexibility index (Phi) is 5.31. The van der Waals surface area contributed by atoms with Crippen molar-refractivity contribution >= 4 is 17.5 Å². The third kappa shape index (κ3) is 3.53. The molecule has 2 aromatic rings. The van der Waals surface area contributed by atoms with Gasteiger partial charge in [0.05, 0.1) is 0 Å². The number of nitrogens with zero attached hydrogens (tertiary/aromatic N) is 1. The Labute approximate surface area is 161 Å². The molecule has 2 aromatic carbocycles. The number of hydrogen-bond donors (Lipinski definition) is 0. The summed E-state index contributed by atoms with van der Waals surface area (Å²) < 4.78 is 0. The number of amides is 1. The fraction of sp³-hybridized carbons (Fsp3) is 0.435. The monoisotopic (exact) mass is 367 g/mol. The molecule has 1 amide bonds. The Bertz CT molecular complexity index is 767. The second kappa shape index (κ2) is 7.84. The van der Waals surface area contributed by atoms with E-state index < -0.39 is 0 Å². The first-order valence-corrected chi connectivity index (χ1v) is 10.2. The molecular formula is C23H26ClNO. The van der Waals surface area contributed by atoms with E-state index in [1.807, 2.05) is 30.3 Å². The molecule has 3 heteroatoms. The molecule has 1 saturated heterocycles. The van der Waals surface area contributed by atoms with Crippen molar-refractivity contribution in [2.75, 3.05) is 6.54 Å². The molecule has 0 N–H and O–H groups in total. The van der Waals surface area contributed by atoms with E-state index in [-0.39, 0.29) is 5.92 Å². The first-order valence-electron chi connectivity index (χ1n) is 9.87. The predicted octanol–water partition coefficient (Wildman–Crippen LogP) is 5.73. The van der Waals surface area contributed by atoms with Gasteiger partial charge in [-0.25, -0.2) is 0 Å². The smallest absolute Gasteiger partial charge is 0.226 e. The third-order valence-corrected chi connectivity index (χ3v) is 6.37. The number of halogens is 1. The van der Waals surface area contributed by atoms with Gasteiger partial charge in [0.1, 0.15) is 0 Å². The van der Waals surface area contributed by atoms with Crippen LogP contribution in [0, 0.1) is 5.92 Å². The lowest BCUT2D eigenvalue weighted by Gasteiger charge is -2.31. The molecule has 1 unspecified atom stereocenters. The molecule has 136 valence electrons. The second-order valence-corrected chi connectivity index (χ2v) is 8.05.